The maximum absolute atomic E-state index is 14.5. The summed E-state index contributed by atoms with van der Waals surface area (Å²) in [7, 11) is 3.93. The second-order valence-electron chi connectivity index (χ2n) is 9.04. The minimum Gasteiger partial charge on any atom is -0.492 e. The lowest BCUT2D eigenvalue weighted by molar-refractivity contribution is 0.260. The molecule has 0 radical (unpaired) electrons. The first-order valence-electron chi connectivity index (χ1n) is 11.9. The minimum absolute atomic E-state index is 0.366. The Bertz CT molecular complexity index is 1710. The second kappa shape index (κ2) is 9.44. The molecule has 9 heteroatoms. The Labute approximate surface area is 212 Å². The lowest BCUT2D eigenvalue weighted by Gasteiger charge is -2.12. The van der Waals surface area contributed by atoms with Gasteiger partial charge in [0.1, 0.15) is 29.4 Å². The standard InChI is InChI=1S/C28H24FN7O/c1-36(2)9-10-37-19-12-17(11-18(29)13-19)21-15-30-16-26-20(21)14-25(32-26)28-27-24(34-35-28)7-6-23(33-27)22-5-3-4-8-31-22/h3-8,11-16,32H,9-10H2,1-2H3,(H,34,35). The van der Waals surface area contributed by atoms with Gasteiger partial charge in [-0.05, 0) is 62.1 Å². The second-order valence-corrected chi connectivity index (χ2v) is 9.04. The fourth-order valence-electron chi connectivity index (χ4n) is 4.30. The first kappa shape index (κ1) is 22.8. The van der Waals surface area contributed by atoms with Gasteiger partial charge in [-0.2, -0.15) is 5.10 Å². The summed E-state index contributed by atoms with van der Waals surface area (Å²) in [6, 6.07) is 16.3. The molecule has 184 valence electrons. The summed E-state index contributed by atoms with van der Waals surface area (Å²) in [5.41, 5.74) is 6.84. The monoisotopic (exact) mass is 493 g/mol. The first-order chi connectivity index (χ1) is 18.0. The molecule has 0 aliphatic heterocycles. The van der Waals surface area contributed by atoms with Crippen molar-refractivity contribution in [2.24, 2.45) is 0 Å². The maximum Gasteiger partial charge on any atom is 0.135 e. The van der Waals surface area contributed by atoms with Crippen LogP contribution in [0.5, 0.6) is 5.75 Å². The summed E-state index contributed by atoms with van der Waals surface area (Å²) in [5, 5.41) is 8.49. The highest BCUT2D eigenvalue weighted by atomic mass is 19.1. The van der Waals surface area contributed by atoms with Crippen molar-refractivity contribution in [2.75, 3.05) is 27.2 Å². The molecule has 0 bridgehead atoms. The van der Waals surface area contributed by atoms with Crippen molar-refractivity contribution in [1.29, 1.82) is 0 Å². The predicted octanol–water partition coefficient (Wildman–Crippen LogP) is 5.31. The fraction of sp³-hybridized carbons (Fsp3) is 0.143. The molecular weight excluding hydrogens is 469 g/mol. The number of fused-ring (bicyclic) bond motifs is 2. The largest absolute Gasteiger partial charge is 0.492 e. The van der Waals surface area contributed by atoms with Gasteiger partial charge in [-0.3, -0.25) is 15.1 Å². The predicted molar refractivity (Wildman–Crippen MR) is 142 cm³/mol. The Balaban J connectivity index is 1.41. The summed E-state index contributed by atoms with van der Waals surface area (Å²) in [6.07, 6.45) is 5.23. The number of rotatable bonds is 7. The third-order valence-electron chi connectivity index (χ3n) is 6.13. The molecule has 0 saturated carbocycles. The van der Waals surface area contributed by atoms with Crippen LogP contribution < -0.4 is 4.74 Å². The van der Waals surface area contributed by atoms with Gasteiger partial charge in [0.05, 0.1) is 34.3 Å². The van der Waals surface area contributed by atoms with E-state index < -0.39 is 0 Å². The van der Waals surface area contributed by atoms with Crippen LogP contribution in [-0.4, -0.2) is 62.3 Å². The molecule has 37 heavy (non-hydrogen) atoms. The van der Waals surface area contributed by atoms with E-state index in [2.05, 4.69) is 25.1 Å². The summed E-state index contributed by atoms with van der Waals surface area (Å²) in [6.45, 7) is 1.20. The zero-order valence-electron chi connectivity index (χ0n) is 20.4. The minimum atomic E-state index is -0.366. The zero-order valence-corrected chi connectivity index (χ0v) is 20.4. The van der Waals surface area contributed by atoms with Gasteiger partial charge in [-0.25, -0.2) is 9.37 Å². The van der Waals surface area contributed by atoms with E-state index in [0.29, 0.717) is 23.6 Å². The number of hydrogen-bond donors (Lipinski definition) is 2. The van der Waals surface area contributed by atoms with Gasteiger partial charge in [-0.1, -0.05) is 6.07 Å². The molecule has 0 saturated heterocycles. The normalized spacial score (nSPS) is 11.6. The zero-order chi connectivity index (χ0) is 25.4. The van der Waals surface area contributed by atoms with Crippen LogP contribution in [0.2, 0.25) is 0 Å². The van der Waals surface area contributed by atoms with Crippen molar-refractivity contribution in [3.8, 4) is 39.7 Å². The lowest BCUT2D eigenvalue weighted by atomic mass is 10.0. The van der Waals surface area contributed by atoms with Crippen molar-refractivity contribution in [3.05, 3.63) is 79.0 Å². The van der Waals surface area contributed by atoms with Crippen molar-refractivity contribution in [3.63, 3.8) is 0 Å². The lowest BCUT2D eigenvalue weighted by Crippen LogP contribution is -2.19. The first-order valence-corrected chi connectivity index (χ1v) is 11.9. The van der Waals surface area contributed by atoms with Crippen molar-refractivity contribution in [2.45, 2.75) is 0 Å². The van der Waals surface area contributed by atoms with Crippen LogP contribution in [-0.2, 0) is 0 Å². The molecule has 0 fully saturated rings. The molecule has 0 spiro atoms. The van der Waals surface area contributed by atoms with E-state index in [1.165, 1.54) is 12.1 Å². The number of likely N-dealkylation sites (N-methyl/N-ethyl adjacent to an activating group) is 1. The van der Waals surface area contributed by atoms with Crippen LogP contribution in [0.3, 0.4) is 0 Å². The number of aromatic nitrogens is 6. The van der Waals surface area contributed by atoms with Crippen molar-refractivity contribution in [1.82, 2.24) is 35.0 Å². The molecule has 2 N–H and O–H groups in total. The molecule has 5 heterocycles. The molecule has 1 aromatic carbocycles. The van der Waals surface area contributed by atoms with E-state index in [-0.39, 0.29) is 5.82 Å². The van der Waals surface area contributed by atoms with Gasteiger partial charge < -0.3 is 14.6 Å². The molecule has 0 amide bonds. The Hall–Kier alpha value is -4.63. The van der Waals surface area contributed by atoms with Crippen LogP contribution in [0.1, 0.15) is 0 Å². The summed E-state index contributed by atoms with van der Waals surface area (Å²) >= 11 is 0. The number of pyridine rings is 3. The smallest absolute Gasteiger partial charge is 0.135 e. The van der Waals surface area contributed by atoms with Crippen LogP contribution in [0.4, 0.5) is 4.39 Å². The van der Waals surface area contributed by atoms with E-state index >= 15 is 0 Å². The Morgan fingerprint density at radius 2 is 1.89 bits per heavy atom. The molecular formula is C28H24FN7O. The molecule has 6 rings (SSSR count). The summed E-state index contributed by atoms with van der Waals surface area (Å²) in [4.78, 5) is 19.1. The van der Waals surface area contributed by atoms with Gasteiger partial charge >= 0.3 is 0 Å². The summed E-state index contributed by atoms with van der Waals surface area (Å²) < 4.78 is 20.3. The van der Waals surface area contributed by atoms with Gasteiger partial charge in [-0.15, -0.1) is 0 Å². The van der Waals surface area contributed by atoms with Gasteiger partial charge in [0.2, 0.25) is 0 Å². The third-order valence-corrected chi connectivity index (χ3v) is 6.13. The molecule has 6 aromatic rings. The van der Waals surface area contributed by atoms with E-state index in [0.717, 1.165) is 51.1 Å². The third kappa shape index (κ3) is 4.52. The van der Waals surface area contributed by atoms with Crippen LogP contribution in [0, 0.1) is 5.82 Å². The van der Waals surface area contributed by atoms with Crippen molar-refractivity contribution >= 4 is 21.9 Å². The highest BCUT2D eigenvalue weighted by Gasteiger charge is 2.16. The van der Waals surface area contributed by atoms with Gasteiger partial charge in [0, 0.05) is 36.0 Å². The fourth-order valence-corrected chi connectivity index (χ4v) is 4.30. The van der Waals surface area contributed by atoms with E-state index in [1.807, 2.05) is 61.5 Å². The average molecular weight is 494 g/mol. The number of ether oxygens (including phenoxy) is 1. The number of H-pyrrole nitrogens is 2. The molecule has 0 aliphatic carbocycles. The number of halogens is 1. The SMILES string of the molecule is CN(C)CCOc1cc(F)cc(-c2cncc3[nH]c(-c4n[nH]c5ccc(-c6ccccn6)nc45)cc23)c1. The van der Waals surface area contributed by atoms with Gasteiger partial charge in [0.25, 0.3) is 0 Å². The van der Waals surface area contributed by atoms with E-state index in [1.54, 1.807) is 18.6 Å². The number of benzene rings is 1. The molecule has 8 nitrogen and oxygen atoms in total. The Kier molecular flexibility index (Phi) is 5.82. The quantitative estimate of drug-likeness (QED) is 0.313. The Morgan fingerprint density at radius 3 is 2.73 bits per heavy atom. The number of nitrogens with zero attached hydrogens (tertiary/aromatic N) is 5. The number of hydrogen-bond acceptors (Lipinski definition) is 6. The highest BCUT2D eigenvalue weighted by molar-refractivity contribution is 6.00. The average Bonchev–Trinajstić information content (AvgIpc) is 3.52. The van der Waals surface area contributed by atoms with Crippen molar-refractivity contribution < 1.29 is 9.13 Å². The number of aromatic amines is 2. The topological polar surface area (TPSA) is 95.6 Å². The molecule has 0 aliphatic rings. The van der Waals surface area contributed by atoms with Gasteiger partial charge in [0.15, 0.2) is 0 Å². The van der Waals surface area contributed by atoms with E-state index in [4.69, 9.17) is 9.72 Å². The molecule has 0 atom stereocenters. The van der Waals surface area contributed by atoms with Crippen LogP contribution in [0.15, 0.2) is 73.2 Å². The maximum atomic E-state index is 14.5. The van der Waals surface area contributed by atoms with Crippen LogP contribution >= 0.6 is 0 Å². The van der Waals surface area contributed by atoms with E-state index in [9.17, 15) is 4.39 Å². The number of nitrogens with one attached hydrogen (secondary N) is 2. The molecule has 0 unspecified atom stereocenters. The van der Waals surface area contributed by atoms with Crippen LogP contribution in [0.25, 0.3) is 55.8 Å². The summed E-state index contributed by atoms with van der Waals surface area (Å²) in [5.74, 6) is 0.115. The highest BCUT2D eigenvalue weighted by Crippen LogP contribution is 2.35. The molecule has 5 aromatic heterocycles. The Morgan fingerprint density at radius 1 is 0.973 bits per heavy atom.